The van der Waals surface area contributed by atoms with Crippen molar-refractivity contribution in [1.29, 1.82) is 0 Å². The highest BCUT2D eigenvalue weighted by atomic mass is 16.6. The molecule has 0 aliphatic carbocycles. The Morgan fingerprint density at radius 3 is 0.843 bits per heavy atom. The minimum Gasteiger partial charge on any atom is -0.462 e. The van der Waals surface area contributed by atoms with E-state index in [0.29, 0.717) is 19.3 Å². The number of esters is 3. The molecule has 6 heteroatoms. The smallest absolute Gasteiger partial charge is 0.306 e. The van der Waals surface area contributed by atoms with Crippen molar-refractivity contribution in [3.8, 4) is 0 Å². The van der Waals surface area contributed by atoms with Gasteiger partial charge in [0, 0.05) is 19.3 Å². The van der Waals surface area contributed by atoms with Gasteiger partial charge in [-0.3, -0.25) is 14.4 Å². The van der Waals surface area contributed by atoms with Crippen LogP contribution < -0.4 is 0 Å². The van der Waals surface area contributed by atoms with Gasteiger partial charge in [0.2, 0.25) is 0 Å². The lowest BCUT2D eigenvalue weighted by atomic mass is 10.1. The van der Waals surface area contributed by atoms with Gasteiger partial charge in [-0.25, -0.2) is 0 Å². The van der Waals surface area contributed by atoms with Crippen molar-refractivity contribution < 1.29 is 28.6 Å². The fourth-order valence-electron chi connectivity index (χ4n) is 8.90. The van der Waals surface area contributed by atoms with Crippen LogP contribution in [-0.2, 0) is 28.6 Å². The lowest BCUT2D eigenvalue weighted by molar-refractivity contribution is -0.167. The summed E-state index contributed by atoms with van der Waals surface area (Å²) in [6.45, 7) is 6.63. The van der Waals surface area contributed by atoms with Gasteiger partial charge in [-0.2, -0.15) is 0 Å². The number of unbranched alkanes of at least 4 members (excludes halogenated alkanes) is 38. The molecule has 0 saturated carbocycles. The molecule has 0 aliphatic rings. The predicted octanol–water partition coefficient (Wildman–Crippen LogP) is 20.6. The summed E-state index contributed by atoms with van der Waals surface area (Å²) in [7, 11) is 0. The number of carbonyl (C=O) groups excluding carboxylic acids is 3. The second-order valence-electron chi connectivity index (χ2n) is 20.6. The second-order valence-corrected chi connectivity index (χ2v) is 20.6. The van der Waals surface area contributed by atoms with Crippen molar-refractivity contribution in [2.45, 2.75) is 329 Å². The Morgan fingerprint density at radius 1 is 0.286 bits per heavy atom. The average Bonchev–Trinajstić information content (AvgIpc) is 3.36. The molecule has 408 valence electrons. The van der Waals surface area contributed by atoms with Crippen LogP contribution in [0.2, 0.25) is 0 Å². The maximum atomic E-state index is 12.9. The van der Waals surface area contributed by atoms with E-state index in [0.717, 1.165) is 70.6 Å². The highest BCUT2D eigenvalue weighted by molar-refractivity contribution is 5.71. The normalized spacial score (nSPS) is 12.3. The van der Waals surface area contributed by atoms with E-state index in [2.05, 4.69) is 69.4 Å². The summed E-state index contributed by atoms with van der Waals surface area (Å²) in [5.41, 5.74) is 0. The van der Waals surface area contributed by atoms with Gasteiger partial charge < -0.3 is 14.2 Å². The van der Waals surface area contributed by atoms with Gasteiger partial charge in [0.25, 0.3) is 0 Å². The van der Waals surface area contributed by atoms with Crippen LogP contribution in [0.5, 0.6) is 0 Å². The minimum atomic E-state index is -0.782. The molecule has 1 unspecified atom stereocenters. The predicted molar refractivity (Wildman–Crippen MR) is 302 cm³/mol. The third-order valence-electron chi connectivity index (χ3n) is 13.6. The first kappa shape index (κ1) is 67.4. The number of ether oxygens (including phenoxy) is 3. The molecule has 0 rings (SSSR count). The van der Waals surface area contributed by atoms with E-state index in [1.807, 2.05) is 0 Å². The standard InChI is InChI=1S/C64H116O6/c1-4-7-10-13-16-19-22-25-28-30-32-34-36-39-42-45-48-51-54-57-63(66)69-60-61(59-68-62(65)56-53-50-47-44-41-38-27-24-21-18-15-12-9-6-3)70-64(67)58-55-52-49-46-43-40-37-35-33-31-29-26-23-20-17-14-11-8-5-2/h16,19,22,25,31,33,38,41,61H,4-15,17-18,20-21,23-24,26-30,32,34-37,39-40,42-60H2,1-3H3/b19-16-,25-22-,33-31-,41-38-. The maximum absolute atomic E-state index is 12.9. The van der Waals surface area contributed by atoms with E-state index in [4.69, 9.17) is 14.2 Å². The fourth-order valence-corrected chi connectivity index (χ4v) is 8.90. The third-order valence-corrected chi connectivity index (χ3v) is 13.6. The largest absolute Gasteiger partial charge is 0.462 e. The molecule has 0 heterocycles. The lowest BCUT2D eigenvalue weighted by Gasteiger charge is -2.18. The van der Waals surface area contributed by atoms with Crippen LogP contribution in [0.1, 0.15) is 323 Å². The van der Waals surface area contributed by atoms with E-state index < -0.39 is 6.10 Å². The van der Waals surface area contributed by atoms with Crippen molar-refractivity contribution in [3.05, 3.63) is 48.6 Å². The van der Waals surface area contributed by atoms with Gasteiger partial charge in [0.15, 0.2) is 6.10 Å². The number of hydrogen-bond donors (Lipinski definition) is 0. The van der Waals surface area contributed by atoms with Crippen LogP contribution in [0.3, 0.4) is 0 Å². The molecule has 0 fully saturated rings. The molecule has 0 aromatic carbocycles. The van der Waals surface area contributed by atoms with E-state index in [1.54, 1.807) is 0 Å². The monoisotopic (exact) mass is 981 g/mol. The summed E-state index contributed by atoms with van der Waals surface area (Å²) < 4.78 is 16.9. The van der Waals surface area contributed by atoms with Gasteiger partial charge in [-0.1, -0.05) is 256 Å². The molecule has 0 saturated heterocycles. The Bertz CT molecular complexity index is 1220. The molecule has 0 radical (unpaired) electrons. The molecular formula is C64H116O6. The fraction of sp³-hybridized carbons (Fsp3) is 0.828. The zero-order valence-electron chi connectivity index (χ0n) is 46.8. The number of carbonyl (C=O) groups is 3. The van der Waals surface area contributed by atoms with Crippen molar-refractivity contribution in [2.24, 2.45) is 0 Å². The zero-order valence-corrected chi connectivity index (χ0v) is 46.8. The number of allylic oxidation sites excluding steroid dienone is 8. The SMILES string of the molecule is CCCCC/C=C\C=C/CCCCCCCCCCCCC(=O)OCC(COC(=O)CCCCC/C=C\CCCCCCCCC)OC(=O)CCCCCCCCC/C=C\CCCCCCCCCC. The Labute approximate surface area is 435 Å². The minimum absolute atomic E-state index is 0.0795. The Kier molecular flexibility index (Phi) is 56.7. The first-order chi connectivity index (χ1) is 34.5. The van der Waals surface area contributed by atoms with Crippen LogP contribution in [0.25, 0.3) is 0 Å². The molecule has 0 amide bonds. The van der Waals surface area contributed by atoms with Gasteiger partial charge >= 0.3 is 17.9 Å². The summed E-state index contributed by atoms with van der Waals surface area (Å²) in [4.78, 5) is 38.2. The quantitative estimate of drug-likeness (QED) is 0.0199. The molecular weight excluding hydrogens is 865 g/mol. The van der Waals surface area contributed by atoms with Gasteiger partial charge in [0.1, 0.15) is 13.2 Å². The molecule has 0 aromatic rings. The van der Waals surface area contributed by atoms with Crippen molar-refractivity contribution in [1.82, 2.24) is 0 Å². The summed E-state index contributed by atoms with van der Waals surface area (Å²) in [6.07, 6.45) is 72.5. The topological polar surface area (TPSA) is 78.9 Å². The molecule has 0 bridgehead atoms. The zero-order chi connectivity index (χ0) is 50.7. The molecule has 0 aliphatic heterocycles. The van der Waals surface area contributed by atoms with E-state index in [9.17, 15) is 14.4 Å². The van der Waals surface area contributed by atoms with E-state index in [-0.39, 0.29) is 31.1 Å². The van der Waals surface area contributed by atoms with Crippen LogP contribution in [0.4, 0.5) is 0 Å². The summed E-state index contributed by atoms with van der Waals surface area (Å²) in [5.74, 6) is -0.887. The van der Waals surface area contributed by atoms with Crippen LogP contribution in [0.15, 0.2) is 48.6 Å². The van der Waals surface area contributed by atoms with Gasteiger partial charge in [0.05, 0.1) is 0 Å². The van der Waals surface area contributed by atoms with Crippen molar-refractivity contribution in [3.63, 3.8) is 0 Å². The van der Waals surface area contributed by atoms with Crippen molar-refractivity contribution >= 4 is 17.9 Å². The first-order valence-corrected chi connectivity index (χ1v) is 30.7. The summed E-state index contributed by atoms with van der Waals surface area (Å²) in [6, 6.07) is 0. The molecule has 0 aromatic heterocycles. The van der Waals surface area contributed by atoms with Gasteiger partial charge in [-0.15, -0.1) is 0 Å². The Morgan fingerprint density at radius 2 is 0.514 bits per heavy atom. The number of hydrogen-bond acceptors (Lipinski definition) is 6. The van der Waals surface area contributed by atoms with Crippen molar-refractivity contribution in [2.75, 3.05) is 13.2 Å². The molecule has 70 heavy (non-hydrogen) atoms. The summed E-state index contributed by atoms with van der Waals surface area (Å²) >= 11 is 0. The van der Waals surface area contributed by atoms with Crippen LogP contribution in [0, 0.1) is 0 Å². The Hall–Kier alpha value is -2.63. The first-order valence-electron chi connectivity index (χ1n) is 30.7. The van der Waals surface area contributed by atoms with Gasteiger partial charge in [-0.05, 0) is 96.3 Å². The van der Waals surface area contributed by atoms with Crippen LogP contribution in [-0.4, -0.2) is 37.2 Å². The van der Waals surface area contributed by atoms with E-state index >= 15 is 0 Å². The highest BCUT2D eigenvalue weighted by Crippen LogP contribution is 2.16. The molecule has 0 spiro atoms. The molecule has 6 nitrogen and oxygen atoms in total. The molecule has 0 N–H and O–H groups in total. The summed E-state index contributed by atoms with van der Waals surface area (Å²) in [5, 5.41) is 0. The van der Waals surface area contributed by atoms with E-state index in [1.165, 1.54) is 212 Å². The number of rotatable bonds is 56. The second kappa shape index (κ2) is 58.9. The van der Waals surface area contributed by atoms with Crippen LogP contribution >= 0.6 is 0 Å². The lowest BCUT2D eigenvalue weighted by Crippen LogP contribution is -2.30. The Balaban J connectivity index is 4.36. The highest BCUT2D eigenvalue weighted by Gasteiger charge is 2.19. The third kappa shape index (κ3) is 56.3. The maximum Gasteiger partial charge on any atom is 0.306 e. The molecule has 1 atom stereocenters. The average molecular weight is 982 g/mol.